The second kappa shape index (κ2) is 5.14. The maximum Gasteiger partial charge on any atom is 0.142 e. The molecule has 1 aromatic rings. The van der Waals surface area contributed by atoms with E-state index in [4.69, 9.17) is 0 Å². The van der Waals surface area contributed by atoms with Crippen molar-refractivity contribution in [2.45, 2.75) is 39.7 Å². The fourth-order valence-electron chi connectivity index (χ4n) is 2.77. The molecule has 0 radical (unpaired) electrons. The predicted octanol–water partition coefficient (Wildman–Crippen LogP) is 3.75. The van der Waals surface area contributed by atoms with Gasteiger partial charge in [-0.25, -0.2) is 0 Å². The Hall–Kier alpha value is -0.670. The highest BCUT2D eigenvalue weighted by atomic mass is 32.1. The number of hydrogen-bond acceptors (Lipinski definition) is 3. The lowest BCUT2D eigenvalue weighted by Crippen LogP contribution is -2.32. The fourth-order valence-corrected chi connectivity index (χ4v) is 3.62. The second-order valence-corrected chi connectivity index (χ2v) is 7.09. The van der Waals surface area contributed by atoms with Crippen LogP contribution in [0.2, 0.25) is 0 Å². The van der Waals surface area contributed by atoms with E-state index in [-0.39, 0.29) is 11.3 Å². The van der Waals surface area contributed by atoms with Crippen molar-refractivity contribution in [3.63, 3.8) is 0 Å². The van der Waals surface area contributed by atoms with Crippen molar-refractivity contribution in [3.05, 3.63) is 22.4 Å². The van der Waals surface area contributed by atoms with E-state index in [1.54, 1.807) is 11.3 Å². The van der Waals surface area contributed by atoms with Crippen molar-refractivity contribution >= 4 is 17.1 Å². The summed E-state index contributed by atoms with van der Waals surface area (Å²) in [5.41, 5.74) is -0.0995. The third kappa shape index (κ3) is 2.67. The summed E-state index contributed by atoms with van der Waals surface area (Å²) in [6, 6.07) is 4.67. The van der Waals surface area contributed by atoms with Crippen LogP contribution in [0.3, 0.4) is 0 Å². The van der Waals surface area contributed by atoms with Gasteiger partial charge in [-0.05, 0) is 38.3 Å². The summed E-state index contributed by atoms with van der Waals surface area (Å²) in [6.45, 7) is 7.27. The molecule has 0 amide bonds. The largest absolute Gasteiger partial charge is 0.299 e. The first-order valence-electron chi connectivity index (χ1n) is 6.70. The molecule has 0 spiro atoms. The van der Waals surface area contributed by atoms with E-state index in [2.05, 4.69) is 50.2 Å². The van der Waals surface area contributed by atoms with Gasteiger partial charge in [0.25, 0.3) is 0 Å². The first kappa shape index (κ1) is 13.8. The Kier molecular flexibility index (Phi) is 3.93. The smallest absolute Gasteiger partial charge is 0.142 e. The van der Waals surface area contributed by atoms with Gasteiger partial charge in [-0.2, -0.15) is 0 Å². The molecule has 0 N–H and O–H groups in total. The van der Waals surface area contributed by atoms with Gasteiger partial charge in [0.2, 0.25) is 0 Å². The molecule has 100 valence electrons. The van der Waals surface area contributed by atoms with Gasteiger partial charge < -0.3 is 0 Å². The van der Waals surface area contributed by atoms with Crippen LogP contribution < -0.4 is 0 Å². The van der Waals surface area contributed by atoms with E-state index >= 15 is 0 Å². The molecule has 2 unspecified atom stereocenters. The third-order valence-corrected chi connectivity index (χ3v) is 5.32. The number of carbonyl (C=O) groups excluding carboxylic acids is 1. The van der Waals surface area contributed by atoms with Gasteiger partial charge in [0.1, 0.15) is 5.78 Å². The molecule has 1 aliphatic rings. The minimum Gasteiger partial charge on any atom is -0.299 e. The molecule has 2 nitrogen and oxygen atoms in total. The maximum atomic E-state index is 12.2. The highest BCUT2D eigenvalue weighted by molar-refractivity contribution is 7.10. The highest BCUT2D eigenvalue weighted by Crippen LogP contribution is 2.38. The van der Waals surface area contributed by atoms with Gasteiger partial charge in [-0.1, -0.05) is 19.9 Å². The topological polar surface area (TPSA) is 20.3 Å². The van der Waals surface area contributed by atoms with Crippen LogP contribution in [-0.4, -0.2) is 24.3 Å². The molecule has 1 fully saturated rings. The zero-order valence-electron chi connectivity index (χ0n) is 11.8. The molecule has 0 aromatic carbocycles. The highest BCUT2D eigenvalue weighted by Gasteiger charge is 2.40. The van der Waals surface area contributed by atoms with E-state index in [0.29, 0.717) is 11.8 Å². The maximum absolute atomic E-state index is 12.2. The molecular formula is C15H23NOS. The Morgan fingerprint density at radius 3 is 2.78 bits per heavy atom. The van der Waals surface area contributed by atoms with E-state index in [9.17, 15) is 4.79 Å². The van der Waals surface area contributed by atoms with Gasteiger partial charge in [-0.3, -0.25) is 9.69 Å². The summed E-state index contributed by atoms with van der Waals surface area (Å²) in [4.78, 5) is 15.9. The quantitative estimate of drug-likeness (QED) is 0.826. The van der Waals surface area contributed by atoms with Crippen LogP contribution in [0.4, 0.5) is 0 Å². The molecule has 1 aliphatic carbocycles. The number of ketones is 1. The second-order valence-electron chi connectivity index (χ2n) is 6.11. The van der Waals surface area contributed by atoms with Gasteiger partial charge in [0, 0.05) is 28.8 Å². The summed E-state index contributed by atoms with van der Waals surface area (Å²) in [7, 11) is 2.13. The number of carbonyl (C=O) groups is 1. The first-order chi connectivity index (χ1) is 8.42. The third-order valence-electron chi connectivity index (χ3n) is 4.28. The number of nitrogens with zero attached hydrogens (tertiary/aromatic N) is 1. The summed E-state index contributed by atoms with van der Waals surface area (Å²) >= 11 is 1.79. The lowest BCUT2D eigenvalue weighted by molar-refractivity contribution is -0.128. The van der Waals surface area contributed by atoms with Gasteiger partial charge in [0.05, 0.1) is 0 Å². The van der Waals surface area contributed by atoms with Gasteiger partial charge in [0.15, 0.2) is 0 Å². The van der Waals surface area contributed by atoms with Crippen LogP contribution >= 0.6 is 11.3 Å². The Balaban J connectivity index is 1.96. The number of thiophene rings is 1. The average Bonchev–Trinajstić information content (AvgIpc) is 2.92. The zero-order chi connectivity index (χ0) is 13.3. The molecule has 0 saturated heterocycles. The van der Waals surface area contributed by atoms with Crippen LogP contribution in [0.5, 0.6) is 0 Å². The summed E-state index contributed by atoms with van der Waals surface area (Å²) < 4.78 is 0. The van der Waals surface area contributed by atoms with Crippen molar-refractivity contribution in [2.24, 2.45) is 11.3 Å². The van der Waals surface area contributed by atoms with Crippen molar-refractivity contribution in [1.82, 2.24) is 4.90 Å². The average molecular weight is 265 g/mol. The van der Waals surface area contributed by atoms with Crippen LogP contribution in [0.15, 0.2) is 17.5 Å². The van der Waals surface area contributed by atoms with Crippen LogP contribution in [0.1, 0.15) is 44.5 Å². The molecule has 18 heavy (non-hydrogen) atoms. The molecule has 2 atom stereocenters. The predicted molar refractivity (Wildman–Crippen MR) is 76.9 cm³/mol. The van der Waals surface area contributed by atoms with Crippen LogP contribution in [0.25, 0.3) is 0 Å². The Labute approximate surface area is 114 Å². The van der Waals surface area contributed by atoms with E-state index < -0.39 is 0 Å². The molecular weight excluding hydrogens is 242 g/mol. The molecule has 0 aliphatic heterocycles. The normalized spacial score (nSPS) is 24.7. The monoisotopic (exact) mass is 265 g/mol. The van der Waals surface area contributed by atoms with E-state index in [0.717, 1.165) is 19.4 Å². The van der Waals surface area contributed by atoms with E-state index in [1.807, 2.05) is 0 Å². The van der Waals surface area contributed by atoms with Crippen molar-refractivity contribution in [2.75, 3.05) is 13.6 Å². The SMILES string of the molecule is CC(c1cccs1)N(C)CC1CCC(C)(C)C1=O. The molecule has 2 rings (SSSR count). The minimum atomic E-state index is -0.0995. The Morgan fingerprint density at radius 1 is 1.56 bits per heavy atom. The summed E-state index contributed by atoms with van der Waals surface area (Å²) in [6.07, 6.45) is 2.09. The standard InChI is InChI=1S/C15H23NOS/c1-11(13-6-5-9-18-13)16(4)10-12-7-8-15(2,3)14(12)17/h5-6,9,11-12H,7-8,10H2,1-4H3. The lowest BCUT2D eigenvalue weighted by atomic mass is 9.89. The number of hydrogen-bond donors (Lipinski definition) is 0. The molecule has 1 heterocycles. The molecule has 3 heteroatoms. The lowest BCUT2D eigenvalue weighted by Gasteiger charge is -2.26. The summed E-state index contributed by atoms with van der Waals surface area (Å²) in [5.74, 6) is 0.681. The van der Waals surface area contributed by atoms with Crippen LogP contribution in [-0.2, 0) is 4.79 Å². The van der Waals surface area contributed by atoms with Gasteiger partial charge >= 0.3 is 0 Å². The molecule has 0 bridgehead atoms. The zero-order valence-corrected chi connectivity index (χ0v) is 12.6. The number of Topliss-reactive ketones (excluding diaryl/α,β-unsaturated/α-hetero) is 1. The molecule has 1 aromatic heterocycles. The van der Waals surface area contributed by atoms with Crippen molar-refractivity contribution in [3.8, 4) is 0 Å². The van der Waals surface area contributed by atoms with Gasteiger partial charge in [-0.15, -0.1) is 11.3 Å². The fraction of sp³-hybridized carbons (Fsp3) is 0.667. The van der Waals surface area contributed by atoms with Crippen LogP contribution in [0, 0.1) is 11.3 Å². The molecule has 1 saturated carbocycles. The Bertz CT molecular complexity index is 410. The number of rotatable bonds is 4. The van der Waals surface area contributed by atoms with E-state index in [1.165, 1.54) is 4.88 Å². The first-order valence-corrected chi connectivity index (χ1v) is 7.58. The minimum absolute atomic E-state index is 0.0995. The van der Waals surface area contributed by atoms with Crippen molar-refractivity contribution in [1.29, 1.82) is 0 Å². The summed E-state index contributed by atoms with van der Waals surface area (Å²) in [5, 5.41) is 2.11. The van der Waals surface area contributed by atoms with Crippen molar-refractivity contribution < 1.29 is 4.79 Å². The Morgan fingerprint density at radius 2 is 2.28 bits per heavy atom.